The van der Waals surface area contributed by atoms with Crippen LogP contribution in [0.3, 0.4) is 0 Å². The summed E-state index contributed by atoms with van der Waals surface area (Å²) < 4.78 is 7.94. The van der Waals surface area contributed by atoms with E-state index in [1.807, 2.05) is 59.5 Å². The van der Waals surface area contributed by atoms with E-state index in [0.29, 0.717) is 35.2 Å². The summed E-state index contributed by atoms with van der Waals surface area (Å²) in [5.41, 5.74) is 2.99. The summed E-state index contributed by atoms with van der Waals surface area (Å²) in [6.07, 6.45) is 3.70. The number of ether oxygens (including phenoxy) is 1. The zero-order valence-electron chi connectivity index (χ0n) is 19.7. The zero-order chi connectivity index (χ0) is 25.1. The van der Waals surface area contributed by atoms with Crippen LogP contribution in [0.15, 0.2) is 65.3 Å². The predicted octanol–water partition coefficient (Wildman–Crippen LogP) is 6.18. The maximum absolute atomic E-state index is 13.0. The highest BCUT2D eigenvalue weighted by atomic mass is 79.9. The number of rotatable bonds is 6. The van der Waals surface area contributed by atoms with E-state index in [4.69, 9.17) is 21.3 Å². The molecule has 2 aromatic heterocycles. The van der Waals surface area contributed by atoms with Crippen LogP contribution in [0, 0.1) is 5.92 Å². The second kappa shape index (κ2) is 10.8. The topological polar surface area (TPSA) is 83.8 Å². The van der Waals surface area contributed by atoms with E-state index in [1.54, 1.807) is 17.8 Å². The minimum atomic E-state index is -0.118. The second-order valence-corrected chi connectivity index (χ2v) is 9.96. The molecule has 10 heteroatoms. The largest absolute Gasteiger partial charge is 0.495 e. The molecule has 1 atom stereocenters. The third-order valence-corrected chi connectivity index (χ3v) is 7.19. The van der Waals surface area contributed by atoms with Crippen molar-refractivity contribution in [2.75, 3.05) is 37.4 Å². The number of methoxy groups -OCH3 is 1. The molecule has 0 aliphatic carbocycles. The number of fused-ring (bicyclic) bond motifs is 1. The highest BCUT2D eigenvalue weighted by Crippen LogP contribution is 2.31. The number of benzene rings is 2. The summed E-state index contributed by atoms with van der Waals surface area (Å²) >= 11 is 10.0. The van der Waals surface area contributed by atoms with Gasteiger partial charge in [-0.25, -0.2) is 9.78 Å². The number of nitrogens with one attached hydrogen (secondary N) is 2. The van der Waals surface area contributed by atoms with Crippen LogP contribution >= 0.6 is 27.5 Å². The van der Waals surface area contributed by atoms with Crippen molar-refractivity contribution in [1.29, 1.82) is 0 Å². The molecule has 1 saturated heterocycles. The number of amides is 2. The number of aromatic nitrogens is 3. The number of halogens is 2. The molecule has 2 aromatic carbocycles. The fraction of sp³-hybridized carbons (Fsp3) is 0.269. The number of carbonyl (C=O) groups excluding carboxylic acids is 1. The van der Waals surface area contributed by atoms with Crippen LogP contribution in [0.25, 0.3) is 16.9 Å². The summed E-state index contributed by atoms with van der Waals surface area (Å²) in [5, 5.41) is 11.6. The van der Waals surface area contributed by atoms with Crippen LogP contribution in [-0.4, -0.2) is 52.3 Å². The number of urea groups is 1. The van der Waals surface area contributed by atoms with Gasteiger partial charge in [-0.05, 0) is 52.9 Å². The molecule has 0 bridgehead atoms. The first-order valence-corrected chi connectivity index (χ1v) is 12.9. The molecule has 3 heterocycles. The molecular weight excluding hydrogens is 544 g/mol. The van der Waals surface area contributed by atoms with Crippen molar-refractivity contribution in [1.82, 2.24) is 19.5 Å². The molecule has 5 rings (SSSR count). The quantitative estimate of drug-likeness (QED) is 0.290. The van der Waals surface area contributed by atoms with Gasteiger partial charge >= 0.3 is 6.03 Å². The van der Waals surface area contributed by atoms with E-state index in [0.717, 1.165) is 40.9 Å². The number of carbonyl (C=O) groups is 1. The Balaban J connectivity index is 1.30. The smallest absolute Gasteiger partial charge is 0.321 e. The van der Waals surface area contributed by atoms with Crippen molar-refractivity contribution in [3.63, 3.8) is 0 Å². The molecule has 8 nitrogen and oxygen atoms in total. The molecule has 0 saturated carbocycles. The van der Waals surface area contributed by atoms with Crippen molar-refractivity contribution < 1.29 is 9.53 Å². The van der Waals surface area contributed by atoms with Gasteiger partial charge in [-0.3, -0.25) is 0 Å². The molecule has 186 valence electrons. The molecule has 2 amide bonds. The number of nitrogens with zero attached hydrogens (tertiary/aromatic N) is 4. The third-order valence-electron chi connectivity index (χ3n) is 6.31. The summed E-state index contributed by atoms with van der Waals surface area (Å²) in [4.78, 5) is 19.6. The van der Waals surface area contributed by atoms with E-state index < -0.39 is 0 Å². The maximum atomic E-state index is 13.0. The number of hydrogen-bond acceptors (Lipinski definition) is 5. The van der Waals surface area contributed by atoms with Gasteiger partial charge in [0.1, 0.15) is 11.6 Å². The molecule has 1 aliphatic rings. The lowest BCUT2D eigenvalue weighted by atomic mass is 9.98. The van der Waals surface area contributed by atoms with E-state index in [9.17, 15) is 4.79 Å². The van der Waals surface area contributed by atoms with Crippen molar-refractivity contribution >= 4 is 50.7 Å². The number of hydrogen-bond donors (Lipinski definition) is 2. The number of likely N-dealkylation sites (tertiary alicyclic amines) is 1. The van der Waals surface area contributed by atoms with Gasteiger partial charge in [0.25, 0.3) is 0 Å². The lowest BCUT2D eigenvalue weighted by Crippen LogP contribution is -2.44. The van der Waals surface area contributed by atoms with Gasteiger partial charge in [-0.2, -0.15) is 9.61 Å². The average molecular weight is 570 g/mol. The van der Waals surface area contributed by atoms with E-state index in [1.165, 1.54) is 0 Å². The predicted molar refractivity (Wildman–Crippen MR) is 146 cm³/mol. The van der Waals surface area contributed by atoms with Crippen molar-refractivity contribution in [2.45, 2.75) is 12.8 Å². The van der Waals surface area contributed by atoms with Crippen LogP contribution in [-0.2, 0) is 0 Å². The number of anilines is 2. The Labute approximate surface area is 222 Å². The molecule has 0 spiro atoms. The molecule has 4 aromatic rings. The Morgan fingerprint density at radius 3 is 2.86 bits per heavy atom. The van der Waals surface area contributed by atoms with Gasteiger partial charge in [0.2, 0.25) is 0 Å². The average Bonchev–Trinajstić information content (AvgIpc) is 3.28. The van der Waals surface area contributed by atoms with Gasteiger partial charge < -0.3 is 20.3 Å². The van der Waals surface area contributed by atoms with Crippen LogP contribution in [0.4, 0.5) is 16.3 Å². The highest BCUT2D eigenvalue weighted by molar-refractivity contribution is 9.10. The fourth-order valence-corrected chi connectivity index (χ4v) is 5.06. The van der Waals surface area contributed by atoms with Gasteiger partial charge in [-0.15, -0.1) is 0 Å². The van der Waals surface area contributed by atoms with Crippen LogP contribution in [0.2, 0.25) is 5.02 Å². The molecule has 2 N–H and O–H groups in total. The van der Waals surface area contributed by atoms with Crippen LogP contribution in [0.5, 0.6) is 5.75 Å². The standard InChI is InChI=1S/C26H26BrClN6O2/c1-36-23-11-5-4-10-21(23)32-26(35)33-12-6-7-17(16-33)14-29-24-13-22(18-8-2-3-9-20(18)28)31-25-19(27)15-30-34(24)25/h2-5,8-11,13,15,17,29H,6-7,12,14,16H2,1H3,(H,32,35). The van der Waals surface area contributed by atoms with E-state index in [-0.39, 0.29) is 11.9 Å². The summed E-state index contributed by atoms with van der Waals surface area (Å²) in [6.45, 7) is 2.07. The monoisotopic (exact) mass is 568 g/mol. The summed E-state index contributed by atoms with van der Waals surface area (Å²) in [5.74, 6) is 1.74. The normalized spacial score (nSPS) is 15.6. The minimum absolute atomic E-state index is 0.118. The Hall–Kier alpha value is -3.30. The Morgan fingerprint density at radius 2 is 2.03 bits per heavy atom. The first-order chi connectivity index (χ1) is 17.5. The van der Waals surface area contributed by atoms with Crippen molar-refractivity contribution in [3.8, 4) is 17.0 Å². The number of piperidine rings is 1. The second-order valence-electron chi connectivity index (χ2n) is 8.70. The summed E-state index contributed by atoms with van der Waals surface area (Å²) in [6, 6.07) is 16.9. The molecule has 1 fully saturated rings. The maximum Gasteiger partial charge on any atom is 0.321 e. The third kappa shape index (κ3) is 5.12. The summed E-state index contributed by atoms with van der Waals surface area (Å²) in [7, 11) is 1.60. The Kier molecular flexibility index (Phi) is 7.29. The molecule has 36 heavy (non-hydrogen) atoms. The van der Waals surface area contributed by atoms with Gasteiger partial charge in [0, 0.05) is 36.3 Å². The van der Waals surface area contributed by atoms with Gasteiger partial charge in [0.15, 0.2) is 5.65 Å². The molecule has 0 radical (unpaired) electrons. The molecular formula is C26H26BrClN6O2. The van der Waals surface area contributed by atoms with Crippen LogP contribution < -0.4 is 15.4 Å². The fourth-order valence-electron chi connectivity index (χ4n) is 4.48. The molecule has 1 aliphatic heterocycles. The zero-order valence-corrected chi connectivity index (χ0v) is 22.1. The highest BCUT2D eigenvalue weighted by Gasteiger charge is 2.25. The minimum Gasteiger partial charge on any atom is -0.495 e. The lowest BCUT2D eigenvalue weighted by Gasteiger charge is -2.33. The van der Waals surface area contributed by atoms with Crippen molar-refractivity contribution in [2.24, 2.45) is 5.92 Å². The molecule has 1 unspecified atom stereocenters. The van der Waals surface area contributed by atoms with Gasteiger partial charge in [0.05, 0.1) is 29.2 Å². The Bertz CT molecular complexity index is 1390. The van der Waals surface area contributed by atoms with E-state index >= 15 is 0 Å². The van der Waals surface area contributed by atoms with Gasteiger partial charge in [-0.1, -0.05) is 41.9 Å². The SMILES string of the molecule is COc1ccccc1NC(=O)N1CCCC(CNc2cc(-c3ccccc3Cl)nc3c(Br)cnn23)C1. The lowest BCUT2D eigenvalue weighted by molar-refractivity contribution is 0.180. The first kappa shape index (κ1) is 24.4. The van der Waals surface area contributed by atoms with Crippen LogP contribution in [0.1, 0.15) is 12.8 Å². The number of para-hydroxylation sites is 2. The van der Waals surface area contributed by atoms with E-state index in [2.05, 4.69) is 31.7 Å². The Morgan fingerprint density at radius 1 is 1.22 bits per heavy atom. The first-order valence-electron chi connectivity index (χ1n) is 11.8. The van der Waals surface area contributed by atoms with Crippen molar-refractivity contribution in [3.05, 3.63) is 70.3 Å².